The van der Waals surface area contributed by atoms with Crippen LogP contribution in [-0.2, 0) is 9.47 Å². The van der Waals surface area contributed by atoms with Crippen molar-refractivity contribution in [3.8, 4) is 28.6 Å². The van der Waals surface area contributed by atoms with Crippen LogP contribution in [0, 0.1) is 11.3 Å². The zero-order valence-corrected chi connectivity index (χ0v) is 27.3. The number of carbonyl (C=O) groups excluding carboxylic acids is 2. The summed E-state index contributed by atoms with van der Waals surface area (Å²) in [7, 11) is 0. The summed E-state index contributed by atoms with van der Waals surface area (Å²) >= 11 is 5.87. The number of aromatic amines is 1. The number of rotatable bonds is 4. The fraction of sp³-hybridized carbons (Fsp3) is 0.250. The molecule has 3 heterocycles. The van der Waals surface area contributed by atoms with Crippen molar-refractivity contribution in [2.45, 2.75) is 52.7 Å². The van der Waals surface area contributed by atoms with Crippen molar-refractivity contribution in [3.05, 3.63) is 71.8 Å². The maximum absolute atomic E-state index is 11.8. The van der Waals surface area contributed by atoms with Gasteiger partial charge in [-0.05, 0) is 65.8 Å². The van der Waals surface area contributed by atoms with Crippen molar-refractivity contribution in [2.24, 2.45) is 0 Å². The molecule has 0 bridgehead atoms. The molecule has 2 amide bonds. The lowest BCUT2D eigenvalue weighted by molar-refractivity contribution is 0.0624. The standard InChI is InChI=1S/C16H15ClN4O2.C16H18N6O2/c1-16(2,3)23-15(22)20-11-6-4-10(5-7-11)13-9-19-12(8-18)14(17)21-13;1-16(2,3)24-15(23)19-10-6-4-9(5-7-10)11-8-18-12-13(17)21-22-14(12)20-11/h4-7,9H,1-3H3,(H,20,22);4-8H,1-3H3,(H,19,23)(H3,17,20,21,22). The number of nitriles is 1. The van der Waals surface area contributed by atoms with Gasteiger partial charge in [-0.25, -0.2) is 29.5 Å². The SMILES string of the molecule is CC(C)(C)OC(=O)Nc1ccc(-c2cnc(C#N)c(Cl)n2)cc1.CC(C)(C)OC(=O)Nc1ccc(-c2cnc3c(N)[nH]nc3n2)cc1. The third kappa shape index (κ3) is 9.84. The smallest absolute Gasteiger partial charge is 0.412 e. The number of nitrogens with two attached hydrogens (primary N) is 1. The van der Waals surface area contributed by atoms with Crippen LogP contribution in [0.5, 0.6) is 0 Å². The van der Waals surface area contributed by atoms with Crippen LogP contribution in [-0.4, -0.2) is 53.5 Å². The summed E-state index contributed by atoms with van der Waals surface area (Å²) in [5, 5.41) is 20.8. The van der Waals surface area contributed by atoms with Gasteiger partial charge >= 0.3 is 12.2 Å². The number of H-pyrrole nitrogens is 1. The van der Waals surface area contributed by atoms with E-state index in [9.17, 15) is 9.59 Å². The van der Waals surface area contributed by atoms with Crippen LogP contribution >= 0.6 is 11.6 Å². The number of aromatic nitrogens is 6. The Balaban J connectivity index is 0.000000213. The minimum Gasteiger partial charge on any atom is -0.444 e. The number of fused-ring (bicyclic) bond motifs is 1. The molecule has 0 saturated carbocycles. The predicted octanol–water partition coefficient (Wildman–Crippen LogP) is 6.96. The quantitative estimate of drug-likeness (QED) is 0.155. The first-order chi connectivity index (χ1) is 22.1. The minimum absolute atomic E-state index is 0.0564. The molecule has 0 aliphatic heterocycles. The zero-order valence-electron chi connectivity index (χ0n) is 26.5. The van der Waals surface area contributed by atoms with E-state index in [2.05, 4.69) is 40.8 Å². The second-order valence-corrected chi connectivity index (χ2v) is 12.3. The minimum atomic E-state index is -0.557. The number of nitrogen functional groups attached to an aromatic ring is 1. The molecule has 15 heteroatoms. The fourth-order valence-electron chi connectivity index (χ4n) is 3.82. The number of amides is 2. The van der Waals surface area contributed by atoms with Gasteiger partial charge in [0.2, 0.25) is 5.65 Å². The molecule has 0 saturated heterocycles. The van der Waals surface area contributed by atoms with E-state index in [4.69, 9.17) is 32.1 Å². The van der Waals surface area contributed by atoms with E-state index < -0.39 is 23.4 Å². The Bertz CT molecular complexity index is 1920. The van der Waals surface area contributed by atoms with E-state index in [-0.39, 0.29) is 10.8 Å². The number of halogens is 1. The van der Waals surface area contributed by atoms with Gasteiger partial charge in [0.25, 0.3) is 0 Å². The van der Waals surface area contributed by atoms with Gasteiger partial charge in [-0.3, -0.25) is 15.7 Å². The second kappa shape index (κ2) is 14.1. The molecular weight excluding hydrogens is 624 g/mol. The number of benzene rings is 2. The highest BCUT2D eigenvalue weighted by molar-refractivity contribution is 6.30. The normalized spacial score (nSPS) is 11.1. The van der Waals surface area contributed by atoms with Gasteiger partial charge < -0.3 is 15.2 Å². The van der Waals surface area contributed by atoms with Crippen LogP contribution in [0.25, 0.3) is 33.7 Å². The third-order valence-corrected chi connectivity index (χ3v) is 6.04. The van der Waals surface area contributed by atoms with Crippen LogP contribution in [0.15, 0.2) is 60.9 Å². The Morgan fingerprint density at radius 2 is 1.28 bits per heavy atom. The molecule has 3 aromatic heterocycles. The van der Waals surface area contributed by atoms with Crippen molar-refractivity contribution in [3.63, 3.8) is 0 Å². The summed E-state index contributed by atoms with van der Waals surface area (Å²) < 4.78 is 10.4. The van der Waals surface area contributed by atoms with Crippen molar-refractivity contribution >= 4 is 52.1 Å². The molecular formula is C32H33ClN10O4. The van der Waals surface area contributed by atoms with Crippen LogP contribution in [0.1, 0.15) is 47.2 Å². The maximum atomic E-state index is 11.8. The van der Waals surface area contributed by atoms with Gasteiger partial charge in [0.15, 0.2) is 16.4 Å². The molecule has 5 N–H and O–H groups in total. The van der Waals surface area contributed by atoms with Crippen molar-refractivity contribution in [1.29, 1.82) is 5.26 Å². The average molecular weight is 657 g/mol. The van der Waals surface area contributed by atoms with Gasteiger partial charge in [-0.15, -0.1) is 0 Å². The highest BCUT2D eigenvalue weighted by Gasteiger charge is 2.17. The monoisotopic (exact) mass is 656 g/mol. The molecule has 0 spiro atoms. The molecule has 0 unspecified atom stereocenters. The Morgan fingerprint density at radius 3 is 1.72 bits per heavy atom. The summed E-state index contributed by atoms with van der Waals surface area (Å²) in [6.45, 7) is 10.8. The van der Waals surface area contributed by atoms with Crippen molar-refractivity contribution in [1.82, 2.24) is 30.1 Å². The molecule has 0 fully saturated rings. The number of anilines is 3. The van der Waals surface area contributed by atoms with Crippen LogP contribution in [0.4, 0.5) is 26.8 Å². The lowest BCUT2D eigenvalue weighted by Crippen LogP contribution is -2.27. The molecule has 5 aromatic rings. The molecule has 0 radical (unpaired) electrons. The highest BCUT2D eigenvalue weighted by atomic mass is 35.5. The summed E-state index contributed by atoms with van der Waals surface area (Å²) in [6.07, 6.45) is 2.08. The second-order valence-electron chi connectivity index (χ2n) is 12.0. The Morgan fingerprint density at radius 1 is 0.809 bits per heavy atom. The first kappa shape index (κ1) is 34.1. The number of nitrogens with one attached hydrogen (secondary N) is 3. The van der Waals surface area contributed by atoms with E-state index in [1.54, 1.807) is 63.4 Å². The molecule has 5 rings (SSSR count). The number of hydrogen-bond acceptors (Lipinski definition) is 11. The number of nitrogens with zero attached hydrogens (tertiary/aromatic N) is 6. The molecule has 242 valence electrons. The first-order valence-electron chi connectivity index (χ1n) is 14.2. The Kier molecular flexibility index (Phi) is 10.2. The largest absolute Gasteiger partial charge is 0.444 e. The fourth-order valence-corrected chi connectivity index (χ4v) is 4.01. The maximum Gasteiger partial charge on any atom is 0.412 e. The highest BCUT2D eigenvalue weighted by Crippen LogP contribution is 2.24. The summed E-state index contributed by atoms with van der Waals surface area (Å²) in [6, 6.07) is 16.0. The van der Waals surface area contributed by atoms with E-state index in [1.165, 1.54) is 6.20 Å². The van der Waals surface area contributed by atoms with Gasteiger partial charge in [0, 0.05) is 22.5 Å². The summed E-state index contributed by atoms with van der Waals surface area (Å²) in [5.74, 6) is 0.390. The number of hydrogen-bond donors (Lipinski definition) is 4. The molecule has 0 atom stereocenters. The molecule has 2 aromatic carbocycles. The molecule has 14 nitrogen and oxygen atoms in total. The van der Waals surface area contributed by atoms with Gasteiger partial charge in [-0.2, -0.15) is 10.4 Å². The Hall–Kier alpha value is -5.81. The van der Waals surface area contributed by atoms with Crippen molar-refractivity contribution in [2.75, 3.05) is 16.4 Å². The summed E-state index contributed by atoms with van der Waals surface area (Å²) in [5.41, 5.74) is 9.73. The summed E-state index contributed by atoms with van der Waals surface area (Å²) in [4.78, 5) is 40.2. The third-order valence-electron chi connectivity index (χ3n) is 5.78. The van der Waals surface area contributed by atoms with Gasteiger partial charge in [0.05, 0.1) is 23.8 Å². The van der Waals surface area contributed by atoms with Crippen LogP contribution in [0.2, 0.25) is 5.15 Å². The van der Waals surface area contributed by atoms with Crippen LogP contribution in [0.3, 0.4) is 0 Å². The van der Waals surface area contributed by atoms with Crippen LogP contribution < -0.4 is 16.4 Å². The van der Waals surface area contributed by atoms with E-state index in [0.29, 0.717) is 39.7 Å². The predicted molar refractivity (Wildman–Crippen MR) is 178 cm³/mol. The first-order valence-corrected chi connectivity index (χ1v) is 14.6. The van der Waals surface area contributed by atoms with E-state index in [1.807, 2.05) is 39.0 Å². The number of ether oxygens (including phenoxy) is 2. The van der Waals surface area contributed by atoms with E-state index in [0.717, 1.165) is 11.1 Å². The topological polar surface area (TPSA) is 207 Å². The van der Waals surface area contributed by atoms with E-state index >= 15 is 0 Å². The molecule has 47 heavy (non-hydrogen) atoms. The van der Waals surface area contributed by atoms with Crippen molar-refractivity contribution < 1.29 is 19.1 Å². The molecule has 0 aliphatic carbocycles. The molecule has 0 aliphatic rings. The average Bonchev–Trinajstić information content (AvgIpc) is 3.36. The van der Waals surface area contributed by atoms with Gasteiger partial charge in [-0.1, -0.05) is 35.9 Å². The Labute approximate surface area is 275 Å². The zero-order chi connectivity index (χ0) is 34.4. The lowest BCUT2D eigenvalue weighted by atomic mass is 10.1. The number of carbonyl (C=O) groups is 2. The van der Waals surface area contributed by atoms with Gasteiger partial charge in [0.1, 0.15) is 23.1 Å². The lowest BCUT2D eigenvalue weighted by Gasteiger charge is -2.19.